The molecule has 0 aliphatic carbocycles. The lowest BCUT2D eigenvalue weighted by atomic mass is 9.78. The molecule has 9 rings (SSSR count). The van der Waals surface area contributed by atoms with Crippen LogP contribution in [0.4, 0.5) is 11.4 Å². The number of nitrogen functional groups attached to an aromatic ring is 1. The number of hydrogen-bond acceptors (Lipinski definition) is 22. The third-order valence-corrected chi connectivity index (χ3v) is 15.7. The number of hydrogen-bond donors (Lipinski definition) is 8. The number of pyridine rings is 1. The number of methoxy groups -OCH3 is 1. The Kier molecular flexibility index (Phi) is 21.2. The molecule has 3 aromatic heterocycles. The molecule has 1 fully saturated rings. The molecule has 0 unspecified atom stereocenters. The highest BCUT2D eigenvalue weighted by molar-refractivity contribution is 6.17. The molecule has 3 aliphatic rings. The lowest BCUT2D eigenvalue weighted by Crippen LogP contribution is -2.47. The van der Waals surface area contributed by atoms with Crippen molar-refractivity contribution in [2.75, 3.05) is 50.1 Å². The van der Waals surface area contributed by atoms with E-state index in [1.54, 1.807) is 58.0 Å². The zero-order valence-electron chi connectivity index (χ0n) is 50.4. The van der Waals surface area contributed by atoms with E-state index in [4.69, 9.17) is 39.9 Å². The highest BCUT2D eigenvalue weighted by atomic mass is 16.7. The second kappa shape index (κ2) is 28.1. The average Bonchev–Trinajstić information content (AvgIpc) is 1.68. The molecule has 87 heavy (non-hydrogen) atoms. The van der Waals surface area contributed by atoms with E-state index < -0.39 is 94.0 Å². The predicted octanol–water partition coefficient (Wildman–Crippen LogP) is 4.60. The van der Waals surface area contributed by atoms with Crippen molar-refractivity contribution in [3.63, 3.8) is 0 Å². The molecule has 10 N–H and O–H groups in total. The summed E-state index contributed by atoms with van der Waals surface area (Å²) in [6.07, 6.45) is 10.9. The molecule has 25 heteroatoms. The van der Waals surface area contributed by atoms with Crippen LogP contribution in [0.1, 0.15) is 88.7 Å². The number of aliphatic hydroxyl groups is 3. The van der Waals surface area contributed by atoms with Crippen molar-refractivity contribution in [1.29, 1.82) is 0 Å². The van der Waals surface area contributed by atoms with Crippen molar-refractivity contribution in [3.8, 4) is 11.5 Å². The van der Waals surface area contributed by atoms with E-state index >= 15 is 0 Å². The number of ether oxygens (including phenoxy) is 4. The zero-order valence-corrected chi connectivity index (χ0v) is 50.4. The van der Waals surface area contributed by atoms with Crippen molar-refractivity contribution in [3.05, 3.63) is 134 Å². The SMILES string of the molecule is CO[C@H]1/C=C/O[C@@]2(C)Oc3c(C)c(O)c4c(=O)c(c5oc6cc(N7CCN(CC(C)C)CC7)cc(=O)c6nc5c4c3=C2O)NC(=O)/C(C)=C\C=C\[C@H](C)[C@H](O)[C@@H](C)[C@@H](O)[C@@H](C)[C@H](OC(C)=O)[C@@H]1C.NC(=O)c1cnccn1.NNC(=O)c1ccncc1. The van der Waals surface area contributed by atoms with Gasteiger partial charge in [-0.15, -0.1) is 0 Å². The first kappa shape index (κ1) is 65.7. The van der Waals surface area contributed by atoms with Gasteiger partial charge in [-0.25, -0.2) is 15.8 Å². The minimum absolute atomic E-state index is 0.0390. The monoisotopic (exact) mass is 1200 g/mol. The van der Waals surface area contributed by atoms with Crippen LogP contribution in [0.2, 0.25) is 0 Å². The largest absolute Gasteiger partial charge is 0.507 e. The number of nitrogens with two attached hydrogens (primary N) is 2. The summed E-state index contributed by atoms with van der Waals surface area (Å²) in [6.45, 7) is 20.8. The Hall–Kier alpha value is -8.88. The smallest absolute Gasteiger partial charge is 0.307 e. The summed E-state index contributed by atoms with van der Waals surface area (Å²) < 4.78 is 30.5. The maximum Gasteiger partial charge on any atom is 0.307 e. The van der Waals surface area contributed by atoms with Gasteiger partial charge in [-0.2, -0.15) is 0 Å². The maximum atomic E-state index is 14.9. The van der Waals surface area contributed by atoms with Gasteiger partial charge in [0.05, 0.1) is 41.4 Å². The van der Waals surface area contributed by atoms with Crippen LogP contribution >= 0.6 is 0 Å². The fourth-order valence-corrected chi connectivity index (χ4v) is 10.8. The van der Waals surface area contributed by atoms with E-state index in [9.17, 15) is 49.2 Å². The molecule has 0 radical (unpaired) electrons. The predicted molar refractivity (Wildman–Crippen MR) is 325 cm³/mol. The van der Waals surface area contributed by atoms with Gasteiger partial charge < -0.3 is 59.7 Å². The van der Waals surface area contributed by atoms with E-state index in [0.29, 0.717) is 30.3 Å². The molecular formula is C62H76N10O15. The minimum atomic E-state index is -1.98. The topological polar surface area (TPSA) is 368 Å². The molecule has 3 amide bonds. The minimum Gasteiger partial charge on any atom is -0.507 e. The molecule has 6 heterocycles. The number of nitrogens with zero attached hydrogens (tertiary/aromatic N) is 6. The third kappa shape index (κ3) is 14.5. The number of phenols is 1. The summed E-state index contributed by atoms with van der Waals surface area (Å²) >= 11 is 0. The Morgan fingerprint density at radius 3 is 2.20 bits per heavy atom. The Morgan fingerprint density at radius 2 is 1.60 bits per heavy atom. The molecule has 0 spiro atoms. The number of allylic oxidation sites excluding steroid dienone is 2. The number of phenolic OH excluding ortho intramolecular Hbond substituents is 1. The van der Waals surface area contributed by atoms with Gasteiger partial charge in [0.15, 0.2) is 22.4 Å². The number of primary amides is 1. The second-order valence-electron chi connectivity index (χ2n) is 22.4. The van der Waals surface area contributed by atoms with Crippen LogP contribution in [0.5, 0.6) is 11.5 Å². The number of carbonyl (C=O) groups is 4. The number of nitrogens with one attached hydrogen (secondary N) is 2. The number of aromatic hydroxyl groups is 1. The van der Waals surface area contributed by atoms with Crippen molar-refractivity contribution >= 4 is 73.8 Å². The Labute approximate surface area is 501 Å². The highest BCUT2D eigenvalue weighted by Crippen LogP contribution is 2.42. The van der Waals surface area contributed by atoms with E-state index in [1.807, 2.05) is 5.43 Å². The number of fused-ring (bicyclic) bond motifs is 2. The van der Waals surface area contributed by atoms with Crippen molar-refractivity contribution in [2.24, 2.45) is 41.2 Å². The Bertz CT molecular complexity index is 3800. The highest BCUT2D eigenvalue weighted by Gasteiger charge is 2.44. The number of benzene rings is 3. The number of rotatable bonds is 7. The summed E-state index contributed by atoms with van der Waals surface area (Å²) in [5.74, 6) is -2.40. The van der Waals surface area contributed by atoms with Crippen molar-refractivity contribution in [2.45, 2.75) is 99.4 Å². The van der Waals surface area contributed by atoms with Crippen LogP contribution in [-0.4, -0.2) is 139 Å². The molecule has 3 aliphatic heterocycles. The lowest BCUT2D eigenvalue weighted by Gasteiger charge is -2.38. The summed E-state index contributed by atoms with van der Waals surface area (Å²) in [6, 6.07) is 6.33. The van der Waals surface area contributed by atoms with Crippen molar-refractivity contribution in [1.82, 2.24) is 30.3 Å². The van der Waals surface area contributed by atoms with Gasteiger partial charge in [0, 0.05) is 142 Å². The maximum absolute atomic E-state index is 14.9. The van der Waals surface area contributed by atoms with E-state index in [-0.39, 0.29) is 72.4 Å². The summed E-state index contributed by atoms with van der Waals surface area (Å²) in [7, 11) is 1.45. The lowest BCUT2D eigenvalue weighted by molar-refractivity contribution is -0.160. The van der Waals surface area contributed by atoms with Gasteiger partial charge in [0.25, 0.3) is 17.7 Å². The second-order valence-corrected chi connectivity index (χ2v) is 22.4. The van der Waals surface area contributed by atoms with Crippen molar-refractivity contribution < 1.29 is 63.0 Å². The number of carbonyl (C=O) groups excluding carboxylic acids is 4. The zero-order chi connectivity index (χ0) is 63.8. The first-order valence-corrected chi connectivity index (χ1v) is 28.3. The van der Waals surface area contributed by atoms with Gasteiger partial charge in [0.1, 0.15) is 34.5 Å². The van der Waals surface area contributed by atoms with Gasteiger partial charge >= 0.3 is 11.8 Å². The fraction of sp³-hybridized carbons (Fsp3) is 0.419. The normalized spacial score (nSPS) is 25.0. The number of anilines is 2. The molecule has 464 valence electrons. The molecule has 25 nitrogen and oxygen atoms in total. The molecule has 9 atom stereocenters. The molecule has 3 aromatic carbocycles. The number of esters is 1. The van der Waals surface area contributed by atoms with Gasteiger partial charge in [-0.3, -0.25) is 49.1 Å². The molecule has 1 saturated heterocycles. The number of amides is 3. The Morgan fingerprint density at radius 1 is 0.908 bits per heavy atom. The summed E-state index contributed by atoms with van der Waals surface area (Å²) in [5.41, 5.74) is 6.24. The van der Waals surface area contributed by atoms with Crippen LogP contribution < -0.4 is 48.0 Å². The first-order chi connectivity index (χ1) is 41.2. The number of piperazine rings is 1. The molecule has 0 saturated carbocycles. The van der Waals surface area contributed by atoms with Crippen LogP contribution in [0, 0.1) is 36.5 Å². The number of aromatic nitrogens is 4. The van der Waals surface area contributed by atoms with Crippen LogP contribution in [0.15, 0.2) is 105 Å². The number of aliphatic hydroxyl groups excluding tert-OH is 3. The van der Waals surface area contributed by atoms with Gasteiger partial charge in [-0.1, -0.05) is 59.8 Å². The molecule has 4 bridgehead atoms. The quantitative estimate of drug-likeness (QED) is 0.0270. The third-order valence-electron chi connectivity index (χ3n) is 15.7. The standard InChI is InChI=1S/C51H64N4O13.C6H7N3O.C5H5N3O/c1-24(2)23-54-16-18-55(19-17-54)32-21-33(57)39-35(22-32)67-48-40(52-39)36-37-44(60)30(8)47-38(36)49(62)51(10,68-47)65-20-15-34(64-11)27(5)46(66-31(9)56)29(7)43(59)28(6)42(58)25(3)13-12-14-26(4)50(63)53-41(48)45(37)61;7-9-6(10)5-1-3-8-4-2-5;6-5(9)4-3-7-1-2-8-4/h12-15,20-22,24-25,27-29,34,42-43,46,58-60,62H,16-19,23H2,1-11H3,(H,53,63);1-4H,7H2,(H,9,10);1-3H,(H2,6,9)/b13-12+,20-15+,26-14-;;/t25-,27+,28+,29+,34-,42-,43+,46+,51-;;/m0../s1. The summed E-state index contributed by atoms with van der Waals surface area (Å²) in [5, 5.41) is 49.3. The first-order valence-electron chi connectivity index (χ1n) is 28.3. The fourth-order valence-electron chi connectivity index (χ4n) is 10.8. The molecule has 6 aromatic rings. The molecular weight excluding hydrogens is 1120 g/mol. The average molecular weight is 1200 g/mol. The number of hydrazine groups is 1. The van der Waals surface area contributed by atoms with E-state index in [1.165, 1.54) is 90.3 Å². The van der Waals surface area contributed by atoms with Gasteiger partial charge in [-0.05, 0) is 38.0 Å². The van der Waals surface area contributed by atoms with E-state index in [2.05, 4.69) is 43.9 Å². The van der Waals surface area contributed by atoms with Gasteiger partial charge in [0.2, 0.25) is 10.9 Å². The Balaban J connectivity index is 0.000000481. The van der Waals surface area contributed by atoms with Crippen LogP contribution in [0.25, 0.3) is 38.7 Å². The van der Waals surface area contributed by atoms with Crippen LogP contribution in [0.3, 0.4) is 0 Å². The van der Waals surface area contributed by atoms with E-state index in [0.717, 1.165) is 19.6 Å². The van der Waals surface area contributed by atoms with Crippen LogP contribution in [-0.2, 0) is 23.8 Å². The summed E-state index contributed by atoms with van der Waals surface area (Å²) in [4.78, 5) is 96.8.